The lowest BCUT2D eigenvalue weighted by atomic mass is 10.1. The Morgan fingerprint density at radius 1 is 1.00 bits per heavy atom. The van der Waals surface area contributed by atoms with Gasteiger partial charge >= 0.3 is 6.36 Å². The van der Waals surface area contributed by atoms with Gasteiger partial charge in [-0.15, -0.1) is 13.2 Å². The van der Waals surface area contributed by atoms with Gasteiger partial charge in [0.2, 0.25) is 11.9 Å². The number of amides is 1. The molecule has 2 heterocycles. The van der Waals surface area contributed by atoms with Crippen LogP contribution in [0.15, 0.2) is 72.8 Å². The molecule has 11 heteroatoms. The van der Waals surface area contributed by atoms with Gasteiger partial charge in [0.15, 0.2) is 5.82 Å². The van der Waals surface area contributed by atoms with Crippen LogP contribution < -0.4 is 20.3 Å². The van der Waals surface area contributed by atoms with Crippen LogP contribution in [-0.4, -0.2) is 40.8 Å². The largest absolute Gasteiger partial charge is 0.573 e. The number of para-hydroxylation sites is 1. The van der Waals surface area contributed by atoms with Crippen molar-refractivity contribution in [1.29, 1.82) is 0 Å². The number of halogens is 3. The van der Waals surface area contributed by atoms with E-state index >= 15 is 0 Å². The number of carbonyl (C=O) groups excluding carboxylic acids is 1. The van der Waals surface area contributed by atoms with Crippen LogP contribution in [0, 0.1) is 0 Å². The highest BCUT2D eigenvalue weighted by atomic mass is 19.4. The Hall–Kier alpha value is -4.67. The van der Waals surface area contributed by atoms with Crippen molar-refractivity contribution in [2.75, 3.05) is 23.8 Å². The second-order valence-corrected chi connectivity index (χ2v) is 8.48. The van der Waals surface area contributed by atoms with Gasteiger partial charge in [-0.05, 0) is 36.2 Å². The summed E-state index contributed by atoms with van der Waals surface area (Å²) in [7, 11) is 1.74. The number of carbonyl (C=O) groups is 1. The number of anilines is 3. The smallest absolute Gasteiger partial charge is 0.405 e. The Morgan fingerprint density at radius 3 is 2.53 bits per heavy atom. The number of benzene rings is 3. The van der Waals surface area contributed by atoms with Crippen LogP contribution in [-0.2, 0) is 13.0 Å². The van der Waals surface area contributed by atoms with Crippen LogP contribution in [0.25, 0.3) is 11.4 Å². The molecular weight excluding hydrogens is 497 g/mol. The zero-order valence-corrected chi connectivity index (χ0v) is 20.3. The van der Waals surface area contributed by atoms with Crippen molar-refractivity contribution in [2.24, 2.45) is 0 Å². The number of hydrogen-bond donors (Lipinski definition) is 2. The molecule has 38 heavy (non-hydrogen) atoms. The highest BCUT2D eigenvalue weighted by molar-refractivity contribution is 5.95. The molecular formula is C27H23F3N6O2. The lowest BCUT2D eigenvalue weighted by molar-refractivity contribution is -0.274. The number of aromatic nitrogens is 3. The summed E-state index contributed by atoms with van der Waals surface area (Å²) in [5, 5.41) is 5.65. The van der Waals surface area contributed by atoms with E-state index in [2.05, 4.69) is 30.3 Å². The molecule has 0 radical (unpaired) electrons. The average molecular weight is 521 g/mol. The van der Waals surface area contributed by atoms with Gasteiger partial charge in [-0.3, -0.25) is 4.79 Å². The minimum Gasteiger partial charge on any atom is -0.405 e. The van der Waals surface area contributed by atoms with Crippen LogP contribution >= 0.6 is 0 Å². The predicted octanol–water partition coefficient (Wildman–Crippen LogP) is 5.10. The molecule has 1 amide bonds. The van der Waals surface area contributed by atoms with E-state index in [1.807, 2.05) is 41.3 Å². The summed E-state index contributed by atoms with van der Waals surface area (Å²) in [4.78, 5) is 28.5. The Morgan fingerprint density at radius 2 is 1.76 bits per heavy atom. The van der Waals surface area contributed by atoms with Gasteiger partial charge in [0.1, 0.15) is 5.75 Å². The first-order valence-corrected chi connectivity index (χ1v) is 11.8. The first-order valence-electron chi connectivity index (χ1n) is 11.8. The first kappa shape index (κ1) is 25.0. The predicted molar refractivity (Wildman–Crippen MR) is 136 cm³/mol. The Labute approximate surface area is 216 Å². The monoisotopic (exact) mass is 520 g/mol. The number of rotatable bonds is 7. The number of fused-ring (bicyclic) bond motifs is 1. The first-order chi connectivity index (χ1) is 18.3. The fraction of sp³-hybridized carbons (Fsp3) is 0.185. The van der Waals surface area contributed by atoms with Gasteiger partial charge in [0.25, 0.3) is 5.91 Å². The van der Waals surface area contributed by atoms with Crippen molar-refractivity contribution >= 4 is 23.5 Å². The summed E-state index contributed by atoms with van der Waals surface area (Å²) in [6.45, 7) is 0.498. The van der Waals surface area contributed by atoms with Crippen molar-refractivity contribution in [1.82, 2.24) is 20.3 Å². The molecule has 0 atom stereocenters. The van der Waals surface area contributed by atoms with Crippen molar-refractivity contribution in [2.45, 2.75) is 19.3 Å². The SMILES string of the molecule is CNc1nc(-c2ccccc2)nc(N2CCc3cc(C(=O)NCc4ccccc4OC(F)(F)F)ccc32)n1. The Kier molecular flexibility index (Phi) is 6.82. The number of hydrogen-bond acceptors (Lipinski definition) is 7. The summed E-state index contributed by atoms with van der Waals surface area (Å²) in [6.07, 6.45) is -4.15. The zero-order chi connectivity index (χ0) is 26.7. The van der Waals surface area contributed by atoms with Crippen LogP contribution in [0.5, 0.6) is 5.75 Å². The number of nitrogens with one attached hydrogen (secondary N) is 2. The van der Waals surface area contributed by atoms with Crippen molar-refractivity contribution in [3.05, 3.63) is 89.5 Å². The molecule has 0 bridgehead atoms. The average Bonchev–Trinajstić information content (AvgIpc) is 3.35. The third-order valence-corrected chi connectivity index (χ3v) is 6.00. The van der Waals surface area contributed by atoms with Gasteiger partial charge in [0, 0.05) is 42.5 Å². The van der Waals surface area contributed by atoms with E-state index in [1.165, 1.54) is 18.2 Å². The number of nitrogens with zero attached hydrogens (tertiary/aromatic N) is 4. The van der Waals surface area contributed by atoms with Gasteiger partial charge < -0.3 is 20.3 Å². The molecule has 2 N–H and O–H groups in total. The second-order valence-electron chi connectivity index (χ2n) is 8.48. The molecule has 0 unspecified atom stereocenters. The second kappa shape index (κ2) is 10.4. The van der Waals surface area contributed by atoms with Gasteiger partial charge in [-0.2, -0.15) is 15.0 Å². The maximum atomic E-state index is 12.8. The van der Waals surface area contributed by atoms with Crippen LogP contribution in [0.2, 0.25) is 0 Å². The molecule has 1 aliphatic rings. The third-order valence-electron chi connectivity index (χ3n) is 6.00. The maximum Gasteiger partial charge on any atom is 0.573 e. The lowest BCUT2D eigenvalue weighted by Crippen LogP contribution is -2.24. The molecule has 0 fully saturated rings. The Balaban J connectivity index is 1.34. The fourth-order valence-corrected chi connectivity index (χ4v) is 4.22. The third kappa shape index (κ3) is 5.51. The van der Waals surface area contributed by atoms with Crippen molar-refractivity contribution in [3.63, 3.8) is 0 Å². The summed E-state index contributed by atoms with van der Waals surface area (Å²) in [5.41, 5.74) is 3.29. The molecule has 1 aliphatic heterocycles. The van der Waals surface area contributed by atoms with E-state index in [4.69, 9.17) is 0 Å². The normalized spacial score (nSPS) is 12.7. The van der Waals surface area contributed by atoms with Crippen molar-refractivity contribution < 1.29 is 22.7 Å². The van der Waals surface area contributed by atoms with Crippen LogP contribution in [0.4, 0.5) is 30.8 Å². The van der Waals surface area contributed by atoms with E-state index in [1.54, 1.807) is 25.2 Å². The minimum absolute atomic E-state index is 0.117. The summed E-state index contributed by atoms with van der Waals surface area (Å²) in [6, 6.07) is 20.6. The van der Waals surface area contributed by atoms with E-state index in [-0.39, 0.29) is 17.9 Å². The zero-order valence-electron chi connectivity index (χ0n) is 20.3. The van der Waals surface area contributed by atoms with E-state index in [0.29, 0.717) is 36.3 Å². The molecule has 0 spiro atoms. The molecule has 4 aromatic rings. The summed E-state index contributed by atoms with van der Waals surface area (Å²) >= 11 is 0. The summed E-state index contributed by atoms with van der Waals surface area (Å²) in [5.74, 6) is 0.711. The van der Waals surface area contributed by atoms with Crippen LogP contribution in [0.3, 0.4) is 0 Å². The standard InChI is InChI=1S/C27H23F3N6O2/c1-31-25-33-23(17-7-3-2-4-8-17)34-26(35-25)36-14-13-18-15-19(11-12-21(18)36)24(37)32-16-20-9-5-6-10-22(20)38-27(28,29)30/h2-12,15H,13-14,16H2,1H3,(H,32,37)(H,31,33,34,35). The van der Waals surface area contributed by atoms with E-state index in [0.717, 1.165) is 16.8 Å². The Bertz CT molecular complexity index is 1460. The highest BCUT2D eigenvalue weighted by Crippen LogP contribution is 2.34. The number of ether oxygens (including phenoxy) is 1. The lowest BCUT2D eigenvalue weighted by Gasteiger charge is -2.19. The quantitative estimate of drug-likeness (QED) is 0.350. The van der Waals surface area contributed by atoms with Gasteiger partial charge in [-0.25, -0.2) is 0 Å². The number of alkyl halides is 3. The molecule has 0 aliphatic carbocycles. The summed E-state index contributed by atoms with van der Waals surface area (Å²) < 4.78 is 42.1. The molecule has 0 saturated heterocycles. The van der Waals surface area contributed by atoms with Gasteiger partial charge in [-0.1, -0.05) is 48.5 Å². The maximum absolute atomic E-state index is 12.8. The fourth-order valence-electron chi connectivity index (χ4n) is 4.22. The van der Waals surface area contributed by atoms with E-state index in [9.17, 15) is 18.0 Å². The highest BCUT2D eigenvalue weighted by Gasteiger charge is 2.32. The minimum atomic E-state index is -4.82. The molecule has 0 saturated carbocycles. The van der Waals surface area contributed by atoms with Gasteiger partial charge in [0.05, 0.1) is 0 Å². The molecule has 1 aromatic heterocycles. The topological polar surface area (TPSA) is 92.3 Å². The molecule has 8 nitrogen and oxygen atoms in total. The molecule has 194 valence electrons. The molecule has 3 aromatic carbocycles. The van der Waals surface area contributed by atoms with Crippen molar-refractivity contribution in [3.8, 4) is 17.1 Å². The van der Waals surface area contributed by atoms with Crippen LogP contribution in [0.1, 0.15) is 21.5 Å². The van der Waals surface area contributed by atoms with E-state index < -0.39 is 12.3 Å². The molecule has 5 rings (SSSR count).